The average molecular weight is 388 g/mol. The second kappa shape index (κ2) is 13.3. The third-order valence-electron chi connectivity index (χ3n) is 3.03. The Bertz CT molecular complexity index is 425. The number of hydrogen-bond donors (Lipinski definition) is 1. The summed E-state index contributed by atoms with van der Waals surface area (Å²) in [4.78, 5) is 11.9. The van der Waals surface area contributed by atoms with E-state index in [1.165, 1.54) is 0 Å². The summed E-state index contributed by atoms with van der Waals surface area (Å²) in [7, 11) is 0. The molecule has 1 rings (SSSR count). The number of nitrogens with one attached hydrogen (secondary N) is 1. The van der Waals surface area contributed by atoms with E-state index in [4.69, 9.17) is 14.2 Å². The molecule has 0 saturated carbocycles. The molecule has 0 atom stereocenters. The van der Waals surface area contributed by atoms with Gasteiger partial charge in [-0.25, -0.2) is 4.79 Å². The second-order valence-electron chi connectivity index (χ2n) is 4.91. The van der Waals surface area contributed by atoms with Gasteiger partial charge < -0.3 is 19.5 Å². The zero-order valence-corrected chi connectivity index (χ0v) is 15.3. The molecule has 0 heterocycles. The number of rotatable bonds is 13. The minimum atomic E-state index is -0.329. The third kappa shape index (κ3) is 9.58. The van der Waals surface area contributed by atoms with Crippen LogP contribution in [0.15, 0.2) is 24.3 Å². The van der Waals surface area contributed by atoms with Crippen LogP contribution in [0.3, 0.4) is 0 Å². The predicted octanol–water partition coefficient (Wildman–Crippen LogP) is 3.48. The van der Waals surface area contributed by atoms with Crippen molar-refractivity contribution in [3.05, 3.63) is 29.8 Å². The summed E-state index contributed by atoms with van der Waals surface area (Å²) < 4.78 is 15.7. The first kappa shape index (κ1) is 19.9. The number of carbonyl (C=O) groups excluding carboxylic acids is 1. The number of carbonyl (C=O) groups is 1. The molecule has 1 N–H and O–H groups in total. The summed E-state index contributed by atoms with van der Waals surface area (Å²) in [6.45, 7) is 5.43. The minimum absolute atomic E-state index is 0.244. The van der Waals surface area contributed by atoms with Crippen molar-refractivity contribution in [2.45, 2.75) is 19.8 Å². The summed E-state index contributed by atoms with van der Waals surface area (Å²) in [5.41, 5.74) is 1.56. The molecule has 23 heavy (non-hydrogen) atoms. The Labute approximate surface area is 146 Å². The molecule has 0 fully saturated rings. The lowest BCUT2D eigenvalue weighted by Crippen LogP contribution is -2.13. The number of halogens is 1. The Hall–Kier alpha value is -1.11. The van der Waals surface area contributed by atoms with Gasteiger partial charge in [0.2, 0.25) is 0 Å². The van der Waals surface area contributed by atoms with Crippen LogP contribution in [-0.2, 0) is 14.2 Å². The van der Waals surface area contributed by atoms with E-state index < -0.39 is 0 Å². The highest BCUT2D eigenvalue weighted by atomic mass is 79.9. The van der Waals surface area contributed by atoms with Crippen molar-refractivity contribution in [2.75, 3.05) is 50.2 Å². The van der Waals surface area contributed by atoms with Crippen LogP contribution in [0.2, 0.25) is 0 Å². The van der Waals surface area contributed by atoms with Crippen LogP contribution in [0.4, 0.5) is 5.69 Å². The van der Waals surface area contributed by atoms with Crippen molar-refractivity contribution in [1.82, 2.24) is 0 Å². The van der Waals surface area contributed by atoms with E-state index in [2.05, 4.69) is 28.2 Å². The van der Waals surface area contributed by atoms with Crippen molar-refractivity contribution >= 4 is 27.6 Å². The topological polar surface area (TPSA) is 56.8 Å². The first-order valence-corrected chi connectivity index (χ1v) is 9.12. The fraction of sp³-hybridized carbons (Fsp3) is 0.588. The standard InChI is InChI=1S/C17H26BrNO4/c1-2-3-9-19-16-6-4-15(5-7-16)17(20)23-14-13-22-12-11-21-10-8-18/h4-7,19H,2-3,8-14H2,1H3. The molecule has 0 aliphatic carbocycles. The number of anilines is 1. The molecule has 0 bridgehead atoms. The van der Waals surface area contributed by atoms with Gasteiger partial charge in [0.1, 0.15) is 6.61 Å². The highest BCUT2D eigenvalue weighted by molar-refractivity contribution is 9.09. The molecule has 0 aromatic heterocycles. The largest absolute Gasteiger partial charge is 0.460 e. The summed E-state index contributed by atoms with van der Waals surface area (Å²) in [5.74, 6) is -0.329. The van der Waals surface area contributed by atoms with Crippen molar-refractivity contribution < 1.29 is 19.0 Å². The van der Waals surface area contributed by atoms with Crippen LogP contribution in [-0.4, -0.2) is 50.9 Å². The second-order valence-corrected chi connectivity index (χ2v) is 5.70. The van der Waals surface area contributed by atoms with Gasteiger partial charge in [-0.3, -0.25) is 0 Å². The van der Waals surface area contributed by atoms with Crippen LogP contribution in [0.1, 0.15) is 30.1 Å². The quantitative estimate of drug-likeness (QED) is 0.319. The lowest BCUT2D eigenvalue weighted by molar-refractivity contribution is 0.0167. The molecule has 0 aliphatic rings. The van der Waals surface area contributed by atoms with Gasteiger partial charge in [0.15, 0.2) is 0 Å². The van der Waals surface area contributed by atoms with Gasteiger partial charge in [-0.05, 0) is 30.7 Å². The van der Waals surface area contributed by atoms with E-state index in [-0.39, 0.29) is 12.6 Å². The minimum Gasteiger partial charge on any atom is -0.460 e. The molecule has 0 saturated heterocycles. The maximum atomic E-state index is 11.9. The average Bonchev–Trinajstić information content (AvgIpc) is 2.58. The molecule has 1 aromatic rings. The summed E-state index contributed by atoms with van der Waals surface area (Å²) in [6.07, 6.45) is 2.28. The molecule has 6 heteroatoms. The number of benzene rings is 1. The van der Waals surface area contributed by atoms with E-state index >= 15 is 0 Å². The van der Waals surface area contributed by atoms with Gasteiger partial charge in [-0.15, -0.1) is 0 Å². The lowest BCUT2D eigenvalue weighted by atomic mass is 10.2. The van der Waals surface area contributed by atoms with Gasteiger partial charge in [-0.1, -0.05) is 29.3 Å². The van der Waals surface area contributed by atoms with E-state index in [0.717, 1.165) is 30.4 Å². The highest BCUT2D eigenvalue weighted by Crippen LogP contribution is 2.10. The maximum absolute atomic E-state index is 11.9. The SMILES string of the molecule is CCCCNc1ccc(C(=O)OCCOCCOCCBr)cc1. The molecule has 0 aliphatic heterocycles. The van der Waals surface area contributed by atoms with Crippen LogP contribution in [0.25, 0.3) is 0 Å². The van der Waals surface area contributed by atoms with E-state index in [1.54, 1.807) is 12.1 Å². The van der Waals surface area contributed by atoms with Crippen LogP contribution in [0.5, 0.6) is 0 Å². The molecule has 0 amide bonds. The zero-order valence-electron chi connectivity index (χ0n) is 13.7. The van der Waals surface area contributed by atoms with Gasteiger partial charge in [-0.2, -0.15) is 0 Å². The number of unbranched alkanes of at least 4 members (excludes halogenated alkanes) is 1. The Morgan fingerprint density at radius 3 is 2.35 bits per heavy atom. The van der Waals surface area contributed by atoms with E-state index in [0.29, 0.717) is 32.0 Å². The zero-order chi connectivity index (χ0) is 16.8. The summed E-state index contributed by atoms with van der Waals surface area (Å²) >= 11 is 3.27. The fourth-order valence-electron chi connectivity index (χ4n) is 1.79. The molecular formula is C17H26BrNO4. The van der Waals surface area contributed by atoms with Gasteiger partial charge in [0, 0.05) is 17.6 Å². The van der Waals surface area contributed by atoms with E-state index in [9.17, 15) is 4.79 Å². The van der Waals surface area contributed by atoms with Crippen LogP contribution < -0.4 is 5.32 Å². The van der Waals surface area contributed by atoms with Gasteiger partial charge in [0.05, 0.1) is 32.0 Å². The molecular weight excluding hydrogens is 362 g/mol. The normalized spacial score (nSPS) is 10.5. The molecule has 5 nitrogen and oxygen atoms in total. The molecule has 130 valence electrons. The van der Waals surface area contributed by atoms with Crippen molar-refractivity contribution in [3.63, 3.8) is 0 Å². The predicted molar refractivity (Wildman–Crippen MR) is 95.6 cm³/mol. The van der Waals surface area contributed by atoms with E-state index in [1.807, 2.05) is 12.1 Å². The maximum Gasteiger partial charge on any atom is 0.338 e. The molecule has 0 spiro atoms. The summed E-state index contributed by atoms with van der Waals surface area (Å²) in [5, 5.41) is 4.12. The van der Waals surface area contributed by atoms with Crippen molar-refractivity contribution in [3.8, 4) is 0 Å². The summed E-state index contributed by atoms with van der Waals surface area (Å²) in [6, 6.07) is 7.32. The molecule has 1 aromatic carbocycles. The Balaban J connectivity index is 2.14. The number of alkyl halides is 1. The molecule has 0 radical (unpaired) electrons. The van der Waals surface area contributed by atoms with Crippen molar-refractivity contribution in [1.29, 1.82) is 0 Å². The Morgan fingerprint density at radius 1 is 1.04 bits per heavy atom. The fourth-order valence-corrected chi connectivity index (χ4v) is 2.02. The van der Waals surface area contributed by atoms with Crippen LogP contribution >= 0.6 is 15.9 Å². The van der Waals surface area contributed by atoms with Crippen molar-refractivity contribution in [2.24, 2.45) is 0 Å². The molecule has 0 unspecified atom stereocenters. The number of esters is 1. The monoisotopic (exact) mass is 387 g/mol. The van der Waals surface area contributed by atoms with Crippen LogP contribution in [0, 0.1) is 0 Å². The van der Waals surface area contributed by atoms with Gasteiger partial charge >= 0.3 is 5.97 Å². The smallest absolute Gasteiger partial charge is 0.338 e. The Morgan fingerprint density at radius 2 is 1.70 bits per heavy atom. The third-order valence-corrected chi connectivity index (χ3v) is 3.36. The number of ether oxygens (including phenoxy) is 3. The first-order chi connectivity index (χ1) is 11.3. The van der Waals surface area contributed by atoms with Gasteiger partial charge in [0.25, 0.3) is 0 Å². The first-order valence-electron chi connectivity index (χ1n) is 8.00. The highest BCUT2D eigenvalue weighted by Gasteiger charge is 2.06. The number of hydrogen-bond acceptors (Lipinski definition) is 5. The Kier molecular flexibility index (Phi) is 11.6. The lowest BCUT2D eigenvalue weighted by Gasteiger charge is -2.08.